The van der Waals surface area contributed by atoms with Crippen LogP contribution in [0.4, 0.5) is 10.6 Å². The van der Waals surface area contributed by atoms with Crippen molar-refractivity contribution >= 4 is 40.3 Å². The summed E-state index contributed by atoms with van der Waals surface area (Å²) in [4.78, 5) is 32.0. The molecule has 0 radical (unpaired) electrons. The van der Waals surface area contributed by atoms with E-state index >= 15 is 0 Å². The molecular formula is C25H28ClN5O4. The monoisotopic (exact) mass is 497 g/mol. The molecule has 2 fully saturated rings. The molecule has 0 unspecified atom stereocenters. The van der Waals surface area contributed by atoms with E-state index in [2.05, 4.69) is 27.5 Å². The number of pyridine rings is 1. The number of benzene rings is 1. The van der Waals surface area contributed by atoms with Gasteiger partial charge in [-0.3, -0.25) is 4.79 Å². The summed E-state index contributed by atoms with van der Waals surface area (Å²) < 4.78 is 5.16. The van der Waals surface area contributed by atoms with Gasteiger partial charge in [-0.2, -0.15) is 0 Å². The summed E-state index contributed by atoms with van der Waals surface area (Å²) in [6.07, 6.45) is 3.20. The van der Waals surface area contributed by atoms with Gasteiger partial charge in [-0.1, -0.05) is 16.8 Å². The molecule has 1 spiro atoms. The number of hydrogen-bond donors (Lipinski definition) is 2. The number of anilines is 1. The molecule has 1 aliphatic heterocycles. The Kier molecular flexibility index (Phi) is 6.27. The molecule has 2 aromatic heterocycles. The maximum absolute atomic E-state index is 11.8. The quantitative estimate of drug-likeness (QED) is 0.518. The van der Waals surface area contributed by atoms with Crippen molar-refractivity contribution in [2.24, 2.45) is 11.3 Å². The van der Waals surface area contributed by atoms with Crippen molar-refractivity contribution in [3.05, 3.63) is 52.9 Å². The Morgan fingerprint density at radius 2 is 2.00 bits per heavy atom. The first-order valence-corrected chi connectivity index (χ1v) is 12.2. The minimum atomic E-state index is -0.998. The standard InChI is InChI=1S/C25H28ClN5O4/c1-27-23(32)21-11-19(35-29-21)15-31(24(33)34)14-16-12-25(13-16)6-8-30(9-7-25)22-5-2-17-10-18(26)3-4-20(17)28-22/h2-5,10-11,16H,6-9,12-15H2,1H3,(H,27,32)(H,33,34). The number of carboxylic acid groups (broad SMARTS) is 1. The number of nitrogens with one attached hydrogen (secondary N) is 1. The van der Waals surface area contributed by atoms with Crippen LogP contribution in [0.3, 0.4) is 0 Å². The average molecular weight is 498 g/mol. The fourth-order valence-electron chi connectivity index (χ4n) is 5.51. The van der Waals surface area contributed by atoms with Gasteiger partial charge in [-0.05, 0) is 67.3 Å². The summed E-state index contributed by atoms with van der Waals surface area (Å²) in [5.74, 6) is 1.31. The molecule has 1 saturated heterocycles. The maximum atomic E-state index is 11.8. The van der Waals surface area contributed by atoms with E-state index < -0.39 is 6.09 Å². The summed E-state index contributed by atoms with van der Waals surface area (Å²) in [7, 11) is 1.51. The van der Waals surface area contributed by atoms with Crippen molar-refractivity contribution in [2.45, 2.75) is 32.2 Å². The second-order valence-electron chi connectivity index (χ2n) is 9.69. The van der Waals surface area contributed by atoms with Crippen LogP contribution >= 0.6 is 11.6 Å². The zero-order valence-electron chi connectivity index (χ0n) is 19.5. The van der Waals surface area contributed by atoms with Gasteiger partial charge in [-0.15, -0.1) is 0 Å². The molecule has 5 rings (SSSR count). The number of hydrogen-bond acceptors (Lipinski definition) is 6. The predicted octanol–water partition coefficient (Wildman–Crippen LogP) is 4.41. The van der Waals surface area contributed by atoms with Crippen molar-refractivity contribution in [3.8, 4) is 0 Å². The predicted molar refractivity (Wildman–Crippen MR) is 132 cm³/mol. The first-order chi connectivity index (χ1) is 16.8. The Morgan fingerprint density at radius 3 is 2.71 bits per heavy atom. The highest BCUT2D eigenvalue weighted by molar-refractivity contribution is 6.31. The minimum Gasteiger partial charge on any atom is -0.465 e. The number of carbonyl (C=O) groups excluding carboxylic acids is 1. The van der Waals surface area contributed by atoms with Gasteiger partial charge < -0.3 is 24.7 Å². The Balaban J connectivity index is 1.14. The molecule has 3 aromatic rings. The molecule has 1 aromatic carbocycles. The summed E-state index contributed by atoms with van der Waals surface area (Å²) in [6, 6.07) is 11.4. The zero-order chi connectivity index (χ0) is 24.6. The Bertz CT molecular complexity index is 1250. The molecule has 35 heavy (non-hydrogen) atoms. The molecule has 10 heteroatoms. The number of halogens is 1. The Labute approximate surface area is 208 Å². The molecule has 1 saturated carbocycles. The van der Waals surface area contributed by atoms with Crippen LogP contribution < -0.4 is 10.2 Å². The molecule has 0 atom stereocenters. The first-order valence-electron chi connectivity index (χ1n) is 11.8. The van der Waals surface area contributed by atoms with E-state index in [0.29, 0.717) is 23.2 Å². The Hall–Kier alpha value is -3.33. The number of carbonyl (C=O) groups is 2. The van der Waals surface area contributed by atoms with Crippen LogP contribution in [-0.2, 0) is 6.54 Å². The van der Waals surface area contributed by atoms with Crippen LogP contribution in [0.2, 0.25) is 5.02 Å². The molecule has 2 N–H and O–H groups in total. The van der Waals surface area contributed by atoms with Crippen molar-refractivity contribution in [3.63, 3.8) is 0 Å². The summed E-state index contributed by atoms with van der Waals surface area (Å²) >= 11 is 6.08. The van der Waals surface area contributed by atoms with Gasteiger partial charge in [0.2, 0.25) is 0 Å². The van der Waals surface area contributed by atoms with E-state index in [-0.39, 0.29) is 23.6 Å². The fraction of sp³-hybridized carbons (Fsp3) is 0.440. The molecule has 2 aliphatic rings. The van der Waals surface area contributed by atoms with Crippen LogP contribution in [-0.4, -0.2) is 58.8 Å². The number of nitrogens with zero attached hydrogens (tertiary/aromatic N) is 4. The number of piperidine rings is 1. The maximum Gasteiger partial charge on any atom is 0.407 e. The van der Waals surface area contributed by atoms with Crippen molar-refractivity contribution in [2.75, 3.05) is 31.6 Å². The highest BCUT2D eigenvalue weighted by atomic mass is 35.5. The summed E-state index contributed by atoms with van der Waals surface area (Å²) in [5.41, 5.74) is 1.37. The van der Waals surface area contributed by atoms with Crippen LogP contribution in [0.15, 0.2) is 40.9 Å². The van der Waals surface area contributed by atoms with Gasteiger partial charge in [0.25, 0.3) is 5.91 Å². The van der Waals surface area contributed by atoms with E-state index in [1.807, 2.05) is 18.2 Å². The third-order valence-electron chi connectivity index (χ3n) is 7.34. The van der Waals surface area contributed by atoms with E-state index in [4.69, 9.17) is 21.1 Å². The second kappa shape index (κ2) is 9.37. The third-order valence-corrected chi connectivity index (χ3v) is 7.58. The summed E-state index contributed by atoms with van der Waals surface area (Å²) in [5, 5.41) is 17.6. The van der Waals surface area contributed by atoms with E-state index in [9.17, 15) is 14.7 Å². The largest absolute Gasteiger partial charge is 0.465 e. The number of fused-ring (bicyclic) bond motifs is 1. The lowest BCUT2D eigenvalue weighted by Crippen LogP contribution is -2.50. The van der Waals surface area contributed by atoms with E-state index in [1.54, 1.807) is 0 Å². The number of aromatic nitrogens is 2. The number of rotatable bonds is 6. The Morgan fingerprint density at radius 1 is 1.23 bits per heavy atom. The third kappa shape index (κ3) is 4.91. The minimum absolute atomic E-state index is 0.0788. The lowest BCUT2D eigenvalue weighted by molar-refractivity contribution is 0.00704. The molecule has 2 amide bonds. The summed E-state index contributed by atoms with van der Waals surface area (Å²) in [6.45, 7) is 2.42. The van der Waals surface area contributed by atoms with E-state index in [0.717, 1.165) is 55.5 Å². The van der Waals surface area contributed by atoms with Crippen LogP contribution in [0, 0.1) is 11.3 Å². The SMILES string of the molecule is CNC(=O)c1cc(CN(CC2CC3(CCN(c4ccc5cc(Cl)ccc5n4)CC3)C2)C(=O)O)on1. The first kappa shape index (κ1) is 23.4. The van der Waals surface area contributed by atoms with Crippen molar-refractivity contribution in [1.29, 1.82) is 0 Å². The lowest BCUT2D eigenvalue weighted by Gasteiger charge is -2.53. The van der Waals surface area contributed by atoms with Gasteiger partial charge >= 0.3 is 6.09 Å². The van der Waals surface area contributed by atoms with Crippen LogP contribution in [0.25, 0.3) is 10.9 Å². The second-order valence-corrected chi connectivity index (χ2v) is 10.1. The highest BCUT2D eigenvalue weighted by Gasteiger charge is 2.46. The van der Waals surface area contributed by atoms with Crippen LogP contribution in [0.1, 0.15) is 41.9 Å². The lowest BCUT2D eigenvalue weighted by atomic mass is 9.57. The molecule has 184 valence electrons. The number of amides is 2. The molecule has 3 heterocycles. The van der Waals surface area contributed by atoms with Gasteiger partial charge in [0, 0.05) is 43.2 Å². The van der Waals surface area contributed by atoms with Crippen molar-refractivity contribution < 1.29 is 19.2 Å². The average Bonchev–Trinajstić information content (AvgIpc) is 3.30. The van der Waals surface area contributed by atoms with Gasteiger partial charge in [0.05, 0.1) is 12.1 Å². The molecule has 0 bridgehead atoms. The van der Waals surface area contributed by atoms with Gasteiger partial charge in [-0.25, -0.2) is 9.78 Å². The smallest absolute Gasteiger partial charge is 0.407 e. The normalized spacial score (nSPS) is 17.4. The fourth-order valence-corrected chi connectivity index (χ4v) is 5.69. The molecule has 9 nitrogen and oxygen atoms in total. The molecule has 1 aliphatic carbocycles. The molecular weight excluding hydrogens is 470 g/mol. The van der Waals surface area contributed by atoms with E-state index in [1.165, 1.54) is 18.0 Å². The highest BCUT2D eigenvalue weighted by Crippen LogP contribution is 2.53. The van der Waals surface area contributed by atoms with Crippen LogP contribution in [0.5, 0.6) is 0 Å². The van der Waals surface area contributed by atoms with Crippen molar-refractivity contribution in [1.82, 2.24) is 20.4 Å². The van der Waals surface area contributed by atoms with Gasteiger partial charge in [0.1, 0.15) is 5.82 Å². The topological polar surface area (TPSA) is 112 Å². The van der Waals surface area contributed by atoms with Gasteiger partial charge in [0.15, 0.2) is 11.5 Å². The zero-order valence-corrected chi connectivity index (χ0v) is 20.3.